The normalized spacial score (nSPS) is 24.1. The predicted octanol–water partition coefficient (Wildman–Crippen LogP) is 0.999. The smallest absolute Gasteiger partial charge is 0.327 e. The van der Waals surface area contributed by atoms with Crippen LogP contribution >= 0.6 is 0 Å². The lowest BCUT2D eigenvalue weighted by molar-refractivity contribution is -0.149. The third-order valence-corrected chi connectivity index (χ3v) is 3.05. The molecule has 0 aromatic carbocycles. The molecule has 0 bridgehead atoms. The number of carbonyl (C=O) groups excluding carboxylic acids is 1. The third-order valence-electron chi connectivity index (χ3n) is 3.05. The van der Waals surface area contributed by atoms with Crippen molar-refractivity contribution in [1.82, 2.24) is 4.90 Å². The fourth-order valence-corrected chi connectivity index (χ4v) is 2.18. The largest absolute Gasteiger partial charge is 0.465 e. The van der Waals surface area contributed by atoms with Crippen molar-refractivity contribution < 1.29 is 9.53 Å². The molecule has 0 spiro atoms. The topological polar surface area (TPSA) is 55.6 Å². The maximum absolute atomic E-state index is 11.6. The van der Waals surface area contributed by atoms with Crippen LogP contribution in [-0.4, -0.2) is 42.6 Å². The molecular formula is C12H24N2O2. The monoisotopic (exact) mass is 228 g/mol. The summed E-state index contributed by atoms with van der Waals surface area (Å²) in [4.78, 5) is 13.9. The molecular weight excluding hydrogens is 204 g/mol. The molecule has 4 nitrogen and oxygen atoms in total. The first kappa shape index (κ1) is 13.5. The number of hydrogen-bond acceptors (Lipinski definition) is 4. The first-order valence-corrected chi connectivity index (χ1v) is 5.95. The second-order valence-electron chi connectivity index (χ2n) is 5.76. The molecule has 1 saturated heterocycles. The van der Waals surface area contributed by atoms with Crippen molar-refractivity contribution in [2.45, 2.75) is 39.7 Å². The highest BCUT2D eigenvalue weighted by atomic mass is 16.5. The molecule has 1 aliphatic heterocycles. The predicted molar refractivity (Wildman–Crippen MR) is 64.1 cm³/mol. The Morgan fingerprint density at radius 1 is 1.56 bits per heavy atom. The average molecular weight is 228 g/mol. The van der Waals surface area contributed by atoms with Crippen molar-refractivity contribution in [3.63, 3.8) is 0 Å². The Morgan fingerprint density at radius 3 is 2.62 bits per heavy atom. The van der Waals surface area contributed by atoms with Crippen LogP contribution in [0.3, 0.4) is 0 Å². The number of carbonyl (C=O) groups is 1. The molecule has 0 saturated carbocycles. The molecule has 0 aliphatic carbocycles. The van der Waals surface area contributed by atoms with Gasteiger partial charge in [-0.25, -0.2) is 0 Å². The maximum atomic E-state index is 11.6. The van der Waals surface area contributed by atoms with E-state index in [4.69, 9.17) is 10.5 Å². The van der Waals surface area contributed by atoms with Crippen molar-refractivity contribution in [1.29, 1.82) is 0 Å². The summed E-state index contributed by atoms with van der Waals surface area (Å²) in [7, 11) is 0. The number of nitrogens with zero attached hydrogens (tertiary/aromatic N) is 1. The van der Waals surface area contributed by atoms with Crippen LogP contribution in [0.2, 0.25) is 0 Å². The Labute approximate surface area is 98.1 Å². The van der Waals surface area contributed by atoms with Gasteiger partial charge < -0.3 is 15.4 Å². The lowest BCUT2D eigenvalue weighted by Gasteiger charge is -2.28. The molecule has 4 heteroatoms. The number of rotatable bonds is 4. The third kappa shape index (κ3) is 3.46. The minimum Gasteiger partial charge on any atom is -0.465 e. The zero-order chi connectivity index (χ0) is 12.4. The van der Waals surface area contributed by atoms with E-state index in [1.54, 1.807) is 13.8 Å². The van der Waals surface area contributed by atoms with E-state index in [0.29, 0.717) is 18.6 Å². The first-order chi connectivity index (χ1) is 7.27. The Kier molecular flexibility index (Phi) is 3.97. The van der Waals surface area contributed by atoms with Crippen LogP contribution in [0.5, 0.6) is 0 Å². The lowest BCUT2D eigenvalue weighted by atomic mass is 9.93. The van der Waals surface area contributed by atoms with Crippen LogP contribution in [0, 0.1) is 5.41 Å². The molecule has 1 heterocycles. The SMILES string of the molecule is CCOC(=O)C(C)(N)CN1CCC(C)(C)C1. The minimum atomic E-state index is -0.892. The second-order valence-corrected chi connectivity index (χ2v) is 5.76. The zero-order valence-electron chi connectivity index (χ0n) is 10.9. The van der Waals surface area contributed by atoms with Gasteiger partial charge in [0.15, 0.2) is 0 Å². The van der Waals surface area contributed by atoms with Crippen LogP contribution in [0.4, 0.5) is 0 Å². The maximum Gasteiger partial charge on any atom is 0.327 e. The van der Waals surface area contributed by atoms with Crippen LogP contribution in [0.1, 0.15) is 34.1 Å². The quantitative estimate of drug-likeness (QED) is 0.729. The highest BCUT2D eigenvalue weighted by Gasteiger charge is 2.37. The summed E-state index contributed by atoms with van der Waals surface area (Å²) in [6, 6.07) is 0. The molecule has 0 aromatic rings. The van der Waals surface area contributed by atoms with Crippen molar-refractivity contribution >= 4 is 5.97 Å². The van der Waals surface area contributed by atoms with E-state index in [1.807, 2.05) is 0 Å². The number of likely N-dealkylation sites (tertiary alicyclic amines) is 1. The molecule has 1 rings (SSSR count). The van der Waals surface area contributed by atoms with Gasteiger partial charge >= 0.3 is 5.97 Å². The number of ether oxygens (including phenoxy) is 1. The van der Waals surface area contributed by atoms with Gasteiger partial charge in [-0.05, 0) is 32.2 Å². The Hall–Kier alpha value is -0.610. The summed E-state index contributed by atoms with van der Waals surface area (Å²) in [6.45, 7) is 11.0. The van der Waals surface area contributed by atoms with Crippen LogP contribution < -0.4 is 5.73 Å². The van der Waals surface area contributed by atoms with E-state index in [9.17, 15) is 4.79 Å². The average Bonchev–Trinajstić information content (AvgIpc) is 2.45. The summed E-state index contributed by atoms with van der Waals surface area (Å²) < 4.78 is 4.98. The van der Waals surface area contributed by atoms with Gasteiger partial charge in [0.1, 0.15) is 5.54 Å². The van der Waals surface area contributed by atoms with Gasteiger partial charge in [-0.15, -0.1) is 0 Å². The van der Waals surface area contributed by atoms with E-state index in [2.05, 4.69) is 18.7 Å². The molecule has 2 N–H and O–H groups in total. The molecule has 1 unspecified atom stereocenters. The number of nitrogens with two attached hydrogens (primary N) is 1. The first-order valence-electron chi connectivity index (χ1n) is 5.95. The van der Waals surface area contributed by atoms with Crippen LogP contribution in [-0.2, 0) is 9.53 Å². The Morgan fingerprint density at radius 2 is 2.19 bits per heavy atom. The highest BCUT2D eigenvalue weighted by molar-refractivity contribution is 5.80. The van der Waals surface area contributed by atoms with Gasteiger partial charge in [-0.2, -0.15) is 0 Å². The van der Waals surface area contributed by atoms with Gasteiger partial charge in [-0.3, -0.25) is 4.79 Å². The molecule has 0 radical (unpaired) electrons. The lowest BCUT2D eigenvalue weighted by Crippen LogP contribution is -2.54. The van der Waals surface area contributed by atoms with E-state index < -0.39 is 5.54 Å². The van der Waals surface area contributed by atoms with Crippen molar-refractivity contribution in [3.8, 4) is 0 Å². The molecule has 1 fully saturated rings. The van der Waals surface area contributed by atoms with E-state index in [0.717, 1.165) is 19.5 Å². The van der Waals surface area contributed by atoms with Crippen LogP contribution in [0.15, 0.2) is 0 Å². The summed E-state index contributed by atoms with van der Waals surface area (Å²) >= 11 is 0. The Balaban J connectivity index is 2.50. The molecule has 0 aromatic heterocycles. The van der Waals surface area contributed by atoms with E-state index >= 15 is 0 Å². The van der Waals surface area contributed by atoms with Crippen LogP contribution in [0.25, 0.3) is 0 Å². The fraction of sp³-hybridized carbons (Fsp3) is 0.917. The van der Waals surface area contributed by atoms with Crippen molar-refractivity contribution in [3.05, 3.63) is 0 Å². The summed E-state index contributed by atoms with van der Waals surface area (Å²) in [5.74, 6) is -0.306. The molecule has 1 atom stereocenters. The Bertz CT molecular complexity index is 262. The summed E-state index contributed by atoms with van der Waals surface area (Å²) in [6.07, 6.45) is 1.16. The number of esters is 1. The van der Waals surface area contributed by atoms with Gasteiger partial charge in [-0.1, -0.05) is 13.8 Å². The summed E-state index contributed by atoms with van der Waals surface area (Å²) in [5.41, 5.74) is 5.44. The fourth-order valence-electron chi connectivity index (χ4n) is 2.18. The van der Waals surface area contributed by atoms with Crippen molar-refractivity contribution in [2.24, 2.45) is 11.1 Å². The standard InChI is InChI=1S/C12H24N2O2/c1-5-16-10(15)12(4,13)9-14-7-6-11(2,3)8-14/h5-9,13H2,1-4H3. The van der Waals surface area contributed by atoms with Gasteiger partial charge in [0, 0.05) is 13.1 Å². The van der Waals surface area contributed by atoms with Gasteiger partial charge in [0.25, 0.3) is 0 Å². The number of hydrogen-bond donors (Lipinski definition) is 1. The second kappa shape index (κ2) is 4.72. The molecule has 16 heavy (non-hydrogen) atoms. The molecule has 1 aliphatic rings. The van der Waals surface area contributed by atoms with Crippen molar-refractivity contribution in [2.75, 3.05) is 26.2 Å². The molecule has 0 amide bonds. The van der Waals surface area contributed by atoms with Gasteiger partial charge in [0.05, 0.1) is 6.61 Å². The van der Waals surface area contributed by atoms with Gasteiger partial charge in [0.2, 0.25) is 0 Å². The highest BCUT2D eigenvalue weighted by Crippen LogP contribution is 2.29. The van der Waals surface area contributed by atoms with E-state index in [1.165, 1.54) is 0 Å². The molecule has 94 valence electrons. The van der Waals surface area contributed by atoms with E-state index in [-0.39, 0.29) is 5.97 Å². The summed E-state index contributed by atoms with van der Waals surface area (Å²) in [5, 5.41) is 0. The zero-order valence-corrected chi connectivity index (χ0v) is 10.9. The minimum absolute atomic E-state index is 0.306.